The van der Waals surface area contributed by atoms with Gasteiger partial charge in [-0.05, 0) is 12.0 Å². The van der Waals surface area contributed by atoms with Crippen LogP contribution in [0.4, 0.5) is 0 Å². The lowest BCUT2D eigenvalue weighted by Crippen LogP contribution is -1.96. The first kappa shape index (κ1) is 8.19. The average Bonchev–Trinajstić information content (AvgIpc) is 2.59. The summed E-state index contributed by atoms with van der Waals surface area (Å²) in [6, 6.07) is 0. The van der Waals surface area contributed by atoms with Crippen LogP contribution in [0, 0.1) is 0 Å². The number of aliphatic hydroxyl groups is 1. The van der Waals surface area contributed by atoms with Crippen molar-refractivity contribution >= 4 is 5.78 Å². The number of hydrogen-bond donors (Lipinski definition) is 1. The summed E-state index contributed by atoms with van der Waals surface area (Å²) in [6.45, 7) is 2.06. The van der Waals surface area contributed by atoms with E-state index in [9.17, 15) is 0 Å². The van der Waals surface area contributed by atoms with Crippen molar-refractivity contribution in [2.45, 2.75) is 20.0 Å². The quantitative estimate of drug-likeness (QED) is 0.737. The van der Waals surface area contributed by atoms with Gasteiger partial charge >= 0.3 is 0 Å². The molecule has 0 bridgehead atoms. The Bertz CT molecular complexity index is 422. The van der Waals surface area contributed by atoms with E-state index in [1.807, 2.05) is 16.8 Å². The minimum absolute atomic E-state index is 0.00395. The summed E-state index contributed by atoms with van der Waals surface area (Å²) >= 11 is 0. The lowest BCUT2D eigenvalue weighted by molar-refractivity contribution is 0.275. The summed E-state index contributed by atoms with van der Waals surface area (Å²) in [6.07, 6.45) is 6.35. The first-order valence-electron chi connectivity index (χ1n) is 4.27. The molecule has 0 radical (unpaired) electrons. The molecule has 2 heterocycles. The second-order valence-corrected chi connectivity index (χ2v) is 2.89. The number of nitrogens with zero attached hydrogens (tertiary/aromatic N) is 3. The van der Waals surface area contributed by atoms with Crippen molar-refractivity contribution in [3.05, 3.63) is 29.8 Å². The van der Waals surface area contributed by atoms with Gasteiger partial charge in [0.1, 0.15) is 0 Å². The predicted octanol–water partition coefficient (Wildman–Crippen LogP) is 0.784. The molecule has 2 aromatic heterocycles. The highest BCUT2D eigenvalue weighted by Crippen LogP contribution is 2.06. The zero-order valence-electron chi connectivity index (χ0n) is 7.44. The lowest BCUT2D eigenvalue weighted by atomic mass is 10.3. The highest BCUT2D eigenvalue weighted by Gasteiger charge is 2.02. The van der Waals surface area contributed by atoms with Crippen LogP contribution in [-0.2, 0) is 13.0 Å². The summed E-state index contributed by atoms with van der Waals surface area (Å²) in [5.74, 6) is 0.640. The second-order valence-electron chi connectivity index (χ2n) is 2.89. The van der Waals surface area contributed by atoms with Crippen LogP contribution in [0.1, 0.15) is 18.2 Å². The molecule has 0 amide bonds. The van der Waals surface area contributed by atoms with E-state index in [0.29, 0.717) is 5.78 Å². The normalized spacial score (nSPS) is 10.9. The molecule has 4 nitrogen and oxygen atoms in total. The van der Waals surface area contributed by atoms with Gasteiger partial charge in [-0.3, -0.25) is 4.40 Å². The van der Waals surface area contributed by atoms with Crippen molar-refractivity contribution in [2.24, 2.45) is 0 Å². The first-order chi connectivity index (χ1) is 6.35. The molecule has 1 N–H and O–H groups in total. The molecule has 68 valence electrons. The van der Waals surface area contributed by atoms with Crippen LogP contribution >= 0.6 is 0 Å². The molecular formula is C9H11N3O. The average molecular weight is 177 g/mol. The van der Waals surface area contributed by atoms with Crippen molar-refractivity contribution in [2.75, 3.05) is 0 Å². The van der Waals surface area contributed by atoms with Crippen LogP contribution in [0.25, 0.3) is 5.78 Å². The van der Waals surface area contributed by atoms with Crippen LogP contribution < -0.4 is 0 Å². The molecule has 0 fully saturated rings. The van der Waals surface area contributed by atoms with Gasteiger partial charge in [-0.15, -0.1) is 0 Å². The number of fused-ring (bicyclic) bond motifs is 1. The van der Waals surface area contributed by atoms with Crippen LogP contribution in [0.5, 0.6) is 0 Å². The summed E-state index contributed by atoms with van der Waals surface area (Å²) in [7, 11) is 0. The smallest absolute Gasteiger partial charge is 0.233 e. The Hall–Kier alpha value is -1.42. The summed E-state index contributed by atoms with van der Waals surface area (Å²) in [5.41, 5.74) is 1.91. The van der Waals surface area contributed by atoms with E-state index in [1.165, 1.54) is 0 Å². The van der Waals surface area contributed by atoms with E-state index in [0.717, 1.165) is 17.7 Å². The first-order valence-corrected chi connectivity index (χ1v) is 4.27. The maximum atomic E-state index is 9.00. The van der Waals surface area contributed by atoms with Gasteiger partial charge in [-0.1, -0.05) is 6.92 Å². The lowest BCUT2D eigenvalue weighted by Gasteiger charge is -1.99. The minimum Gasteiger partial charge on any atom is -0.390 e. The van der Waals surface area contributed by atoms with E-state index < -0.39 is 0 Å². The van der Waals surface area contributed by atoms with Gasteiger partial charge in [0.15, 0.2) is 0 Å². The third kappa shape index (κ3) is 1.29. The number of aryl methyl sites for hydroxylation is 1. The largest absolute Gasteiger partial charge is 0.390 e. The number of hydrogen-bond acceptors (Lipinski definition) is 3. The Labute approximate surface area is 75.9 Å². The summed E-state index contributed by atoms with van der Waals surface area (Å²) in [5, 5.41) is 9.00. The molecule has 4 heteroatoms. The molecule has 0 unspecified atom stereocenters. The molecule has 0 aromatic carbocycles. The summed E-state index contributed by atoms with van der Waals surface area (Å²) in [4.78, 5) is 8.22. The van der Waals surface area contributed by atoms with E-state index >= 15 is 0 Å². The van der Waals surface area contributed by atoms with Crippen LogP contribution in [0.3, 0.4) is 0 Å². The monoisotopic (exact) mass is 177 g/mol. The molecule has 2 rings (SSSR count). The highest BCUT2D eigenvalue weighted by atomic mass is 16.3. The standard InChI is InChI=1S/C9H11N3O/c1-2-7-3-10-9-11-4-8(6-13)12(9)5-7/h3-5,13H,2,6H2,1H3. The number of rotatable bonds is 2. The van der Waals surface area contributed by atoms with Crippen molar-refractivity contribution in [1.82, 2.24) is 14.4 Å². The van der Waals surface area contributed by atoms with Gasteiger partial charge in [0.05, 0.1) is 18.5 Å². The molecule has 0 saturated carbocycles. The van der Waals surface area contributed by atoms with Crippen LogP contribution in [0.2, 0.25) is 0 Å². The fourth-order valence-electron chi connectivity index (χ4n) is 1.26. The van der Waals surface area contributed by atoms with E-state index in [4.69, 9.17) is 5.11 Å². The topological polar surface area (TPSA) is 50.4 Å². The number of imidazole rings is 1. The number of aromatic nitrogens is 3. The zero-order valence-corrected chi connectivity index (χ0v) is 7.44. The maximum absolute atomic E-state index is 9.00. The Morgan fingerprint density at radius 2 is 2.15 bits per heavy atom. The van der Waals surface area contributed by atoms with Crippen molar-refractivity contribution < 1.29 is 5.11 Å². The molecule has 0 aliphatic heterocycles. The third-order valence-corrected chi connectivity index (χ3v) is 2.06. The van der Waals surface area contributed by atoms with Crippen molar-refractivity contribution in [1.29, 1.82) is 0 Å². The molecule has 0 spiro atoms. The van der Waals surface area contributed by atoms with Gasteiger partial charge in [-0.2, -0.15) is 0 Å². The summed E-state index contributed by atoms with van der Waals surface area (Å²) < 4.78 is 1.82. The van der Waals surface area contributed by atoms with Gasteiger partial charge < -0.3 is 5.11 Å². The molecule has 0 saturated heterocycles. The second kappa shape index (κ2) is 3.14. The van der Waals surface area contributed by atoms with Crippen molar-refractivity contribution in [3.8, 4) is 0 Å². The fraction of sp³-hybridized carbons (Fsp3) is 0.333. The highest BCUT2D eigenvalue weighted by molar-refractivity contribution is 5.32. The fourth-order valence-corrected chi connectivity index (χ4v) is 1.26. The predicted molar refractivity (Wildman–Crippen MR) is 48.3 cm³/mol. The zero-order chi connectivity index (χ0) is 9.26. The van der Waals surface area contributed by atoms with Gasteiger partial charge in [0.25, 0.3) is 0 Å². The van der Waals surface area contributed by atoms with Gasteiger partial charge in [0.2, 0.25) is 5.78 Å². The maximum Gasteiger partial charge on any atom is 0.233 e. The molecule has 0 atom stereocenters. The van der Waals surface area contributed by atoms with Gasteiger partial charge in [0, 0.05) is 12.4 Å². The van der Waals surface area contributed by atoms with E-state index in [2.05, 4.69) is 16.9 Å². The van der Waals surface area contributed by atoms with Crippen LogP contribution in [-0.4, -0.2) is 19.5 Å². The molecule has 0 aliphatic rings. The van der Waals surface area contributed by atoms with Crippen LogP contribution in [0.15, 0.2) is 18.6 Å². The molecule has 13 heavy (non-hydrogen) atoms. The number of aliphatic hydroxyl groups excluding tert-OH is 1. The molecular weight excluding hydrogens is 166 g/mol. The molecule has 2 aromatic rings. The molecule has 0 aliphatic carbocycles. The Kier molecular flexibility index (Phi) is 1.98. The SMILES string of the molecule is CCc1cnc2ncc(CO)n2c1. The third-order valence-electron chi connectivity index (χ3n) is 2.06. The minimum atomic E-state index is -0.00395. The Morgan fingerprint density at radius 1 is 1.38 bits per heavy atom. The van der Waals surface area contributed by atoms with E-state index in [1.54, 1.807) is 6.20 Å². The Morgan fingerprint density at radius 3 is 2.85 bits per heavy atom. The Balaban J connectivity index is 2.64. The van der Waals surface area contributed by atoms with Gasteiger partial charge in [-0.25, -0.2) is 9.97 Å². The van der Waals surface area contributed by atoms with Crippen molar-refractivity contribution in [3.63, 3.8) is 0 Å². The van der Waals surface area contributed by atoms with E-state index in [-0.39, 0.29) is 6.61 Å².